The quantitative estimate of drug-likeness (QED) is 0.644. The summed E-state index contributed by atoms with van der Waals surface area (Å²) in [6, 6.07) is 14.8. The topological polar surface area (TPSA) is 85.4 Å². The van der Waals surface area contributed by atoms with Gasteiger partial charge in [-0.1, -0.05) is 12.1 Å². The summed E-state index contributed by atoms with van der Waals surface area (Å²) in [5.41, 5.74) is 3.03. The zero-order valence-electron chi connectivity index (χ0n) is 15.7. The van der Waals surface area contributed by atoms with Crippen molar-refractivity contribution in [2.75, 3.05) is 23.8 Å². The number of fused-ring (bicyclic) bond motifs is 1. The number of hydrogen-bond donors (Lipinski definition) is 2. The number of nitrogens with one attached hydrogen (secondary N) is 2. The molecule has 0 unspecified atom stereocenters. The van der Waals surface area contributed by atoms with E-state index in [4.69, 9.17) is 9.47 Å². The molecule has 0 saturated carbocycles. The minimum Gasteiger partial charge on any atom is -0.486 e. The molecule has 2 N–H and O–H groups in total. The van der Waals surface area contributed by atoms with Crippen LogP contribution in [0.2, 0.25) is 0 Å². The Morgan fingerprint density at radius 2 is 1.71 bits per heavy atom. The lowest BCUT2D eigenvalue weighted by Crippen LogP contribution is -2.15. The fourth-order valence-corrected chi connectivity index (χ4v) is 2.90. The van der Waals surface area contributed by atoms with Gasteiger partial charge in [0.1, 0.15) is 19.0 Å². The number of nitrogens with zero attached hydrogens (tertiary/aromatic N) is 2. The molecule has 0 radical (unpaired) electrons. The number of ether oxygens (including phenoxy) is 2. The number of rotatable bonds is 5. The van der Waals surface area contributed by atoms with Gasteiger partial charge in [-0.3, -0.25) is 4.79 Å². The smallest absolute Gasteiger partial charge is 0.229 e. The van der Waals surface area contributed by atoms with Gasteiger partial charge >= 0.3 is 0 Å². The Hall–Kier alpha value is -3.61. The molecule has 3 aromatic rings. The van der Waals surface area contributed by atoms with Crippen LogP contribution in [0.1, 0.15) is 23.0 Å². The van der Waals surface area contributed by atoms with Crippen molar-refractivity contribution in [1.82, 2.24) is 9.97 Å². The van der Waals surface area contributed by atoms with Crippen molar-refractivity contribution in [3.8, 4) is 11.5 Å². The van der Waals surface area contributed by atoms with Crippen molar-refractivity contribution in [2.45, 2.75) is 13.8 Å². The summed E-state index contributed by atoms with van der Waals surface area (Å²) >= 11 is 0. The van der Waals surface area contributed by atoms with Crippen molar-refractivity contribution < 1.29 is 14.3 Å². The van der Waals surface area contributed by atoms with E-state index in [-0.39, 0.29) is 5.78 Å². The van der Waals surface area contributed by atoms with Crippen molar-refractivity contribution in [3.63, 3.8) is 0 Å². The third kappa shape index (κ3) is 4.03. The van der Waals surface area contributed by atoms with Crippen molar-refractivity contribution in [2.24, 2.45) is 0 Å². The number of aryl methyl sites for hydroxylation is 1. The van der Waals surface area contributed by atoms with Crippen LogP contribution in [0, 0.1) is 6.92 Å². The zero-order valence-corrected chi connectivity index (χ0v) is 15.7. The minimum absolute atomic E-state index is 0.00905. The lowest BCUT2D eigenvalue weighted by atomic mass is 10.1. The maximum absolute atomic E-state index is 11.6. The molecule has 0 bridgehead atoms. The number of carbonyl (C=O) groups is 1. The highest BCUT2D eigenvalue weighted by molar-refractivity contribution is 5.95. The molecular formula is C21H20N4O3. The summed E-state index contributed by atoms with van der Waals surface area (Å²) in [6.07, 6.45) is 0. The first kappa shape index (κ1) is 17.8. The van der Waals surface area contributed by atoms with Gasteiger partial charge < -0.3 is 20.1 Å². The standard InChI is InChI=1S/C21H20N4O3/c1-13-10-20(23-17-6-7-18-19(12-17)28-9-8-27-18)25-21(22-13)24-16-5-3-4-15(11-16)14(2)26/h3-7,10-12H,8-9H2,1-2H3,(H2,22,23,24,25). The first-order valence-electron chi connectivity index (χ1n) is 8.97. The first-order valence-corrected chi connectivity index (χ1v) is 8.97. The second-order valence-corrected chi connectivity index (χ2v) is 6.46. The van der Waals surface area contributed by atoms with E-state index in [9.17, 15) is 4.79 Å². The van der Waals surface area contributed by atoms with Crippen LogP contribution in [0.5, 0.6) is 11.5 Å². The van der Waals surface area contributed by atoms with Gasteiger partial charge in [-0.15, -0.1) is 0 Å². The van der Waals surface area contributed by atoms with E-state index in [0.717, 1.165) is 22.8 Å². The molecule has 7 nitrogen and oxygen atoms in total. The number of Topliss-reactive ketones (excluding diaryl/α,β-unsaturated/α-hetero) is 1. The number of anilines is 4. The molecule has 1 aliphatic rings. The second-order valence-electron chi connectivity index (χ2n) is 6.46. The molecule has 0 atom stereocenters. The SMILES string of the molecule is CC(=O)c1cccc(Nc2nc(C)cc(Nc3ccc4c(c3)OCCO4)n2)c1. The third-order valence-electron chi connectivity index (χ3n) is 4.19. The minimum atomic E-state index is 0.00905. The molecule has 2 aromatic carbocycles. The number of benzene rings is 2. The van der Waals surface area contributed by atoms with E-state index in [0.29, 0.717) is 36.3 Å². The molecule has 0 spiro atoms. The molecule has 0 aliphatic carbocycles. The van der Waals surface area contributed by atoms with Gasteiger partial charge in [0.15, 0.2) is 17.3 Å². The molecule has 2 heterocycles. The summed E-state index contributed by atoms with van der Waals surface area (Å²) in [5, 5.41) is 6.43. The van der Waals surface area contributed by atoms with Gasteiger partial charge in [0.2, 0.25) is 5.95 Å². The van der Waals surface area contributed by atoms with Crippen LogP contribution >= 0.6 is 0 Å². The molecule has 0 amide bonds. The Labute approximate surface area is 162 Å². The van der Waals surface area contributed by atoms with E-state index in [2.05, 4.69) is 20.6 Å². The zero-order chi connectivity index (χ0) is 19.5. The highest BCUT2D eigenvalue weighted by atomic mass is 16.6. The van der Waals surface area contributed by atoms with Crippen LogP contribution in [-0.2, 0) is 0 Å². The van der Waals surface area contributed by atoms with Gasteiger partial charge in [-0.05, 0) is 38.1 Å². The highest BCUT2D eigenvalue weighted by Gasteiger charge is 2.12. The molecule has 4 rings (SSSR count). The fourth-order valence-electron chi connectivity index (χ4n) is 2.90. The van der Waals surface area contributed by atoms with E-state index >= 15 is 0 Å². The number of carbonyl (C=O) groups excluding carboxylic acids is 1. The summed E-state index contributed by atoms with van der Waals surface area (Å²) in [7, 11) is 0. The highest BCUT2D eigenvalue weighted by Crippen LogP contribution is 2.33. The van der Waals surface area contributed by atoms with E-state index in [1.807, 2.05) is 43.3 Å². The predicted octanol–water partition coefficient (Wildman–Crippen LogP) is 4.25. The van der Waals surface area contributed by atoms with Gasteiger partial charge in [0, 0.05) is 34.8 Å². The maximum Gasteiger partial charge on any atom is 0.229 e. The van der Waals surface area contributed by atoms with Crippen LogP contribution in [0.3, 0.4) is 0 Å². The lowest BCUT2D eigenvalue weighted by molar-refractivity contribution is 0.101. The summed E-state index contributed by atoms with van der Waals surface area (Å²) in [5.74, 6) is 2.55. The molecule has 142 valence electrons. The van der Waals surface area contributed by atoms with Crippen LogP contribution in [-0.4, -0.2) is 29.0 Å². The second kappa shape index (κ2) is 7.56. The number of ketones is 1. The van der Waals surface area contributed by atoms with Gasteiger partial charge in [0.25, 0.3) is 0 Å². The van der Waals surface area contributed by atoms with Crippen molar-refractivity contribution >= 4 is 28.9 Å². The number of aromatic nitrogens is 2. The van der Waals surface area contributed by atoms with Crippen LogP contribution < -0.4 is 20.1 Å². The van der Waals surface area contributed by atoms with E-state index in [1.54, 1.807) is 12.1 Å². The molecule has 7 heteroatoms. The Balaban J connectivity index is 1.55. The maximum atomic E-state index is 11.6. The third-order valence-corrected chi connectivity index (χ3v) is 4.19. The Kier molecular flexibility index (Phi) is 4.80. The average molecular weight is 376 g/mol. The average Bonchev–Trinajstić information content (AvgIpc) is 2.67. The largest absolute Gasteiger partial charge is 0.486 e. The molecule has 1 aliphatic heterocycles. The predicted molar refractivity (Wildman–Crippen MR) is 107 cm³/mol. The fraction of sp³-hybridized carbons (Fsp3) is 0.190. The molecule has 1 aromatic heterocycles. The van der Waals surface area contributed by atoms with E-state index < -0.39 is 0 Å². The summed E-state index contributed by atoms with van der Waals surface area (Å²) in [6.45, 7) is 4.53. The summed E-state index contributed by atoms with van der Waals surface area (Å²) in [4.78, 5) is 20.5. The molecule has 28 heavy (non-hydrogen) atoms. The Morgan fingerprint density at radius 1 is 0.929 bits per heavy atom. The van der Waals surface area contributed by atoms with Crippen molar-refractivity contribution in [3.05, 3.63) is 59.8 Å². The molecular weight excluding hydrogens is 356 g/mol. The van der Waals surface area contributed by atoms with E-state index in [1.165, 1.54) is 6.92 Å². The summed E-state index contributed by atoms with van der Waals surface area (Å²) < 4.78 is 11.2. The van der Waals surface area contributed by atoms with Gasteiger partial charge in [-0.2, -0.15) is 4.98 Å². The van der Waals surface area contributed by atoms with Crippen LogP contribution in [0.25, 0.3) is 0 Å². The van der Waals surface area contributed by atoms with Crippen LogP contribution in [0.15, 0.2) is 48.5 Å². The van der Waals surface area contributed by atoms with Crippen molar-refractivity contribution in [1.29, 1.82) is 0 Å². The number of hydrogen-bond acceptors (Lipinski definition) is 7. The Bertz CT molecular complexity index is 1040. The molecule has 0 fully saturated rings. The Morgan fingerprint density at radius 3 is 2.54 bits per heavy atom. The first-order chi connectivity index (χ1) is 13.6. The van der Waals surface area contributed by atoms with Gasteiger partial charge in [0.05, 0.1) is 0 Å². The normalized spacial score (nSPS) is 12.4. The van der Waals surface area contributed by atoms with Crippen LogP contribution in [0.4, 0.5) is 23.1 Å². The monoisotopic (exact) mass is 376 g/mol. The molecule has 0 saturated heterocycles. The van der Waals surface area contributed by atoms with Gasteiger partial charge in [-0.25, -0.2) is 4.98 Å². The lowest BCUT2D eigenvalue weighted by Gasteiger charge is -2.19.